The Labute approximate surface area is 120 Å². The molecule has 1 aromatic heterocycles. The van der Waals surface area contributed by atoms with Crippen LogP contribution < -0.4 is 16.2 Å². The maximum absolute atomic E-state index is 5.51. The quantitative estimate of drug-likeness (QED) is 0.613. The molecule has 1 aromatic rings. The molecule has 6 nitrogen and oxygen atoms in total. The molecule has 0 radical (unpaired) electrons. The number of nitrogen functional groups attached to an aromatic ring is 1. The molecule has 6 heteroatoms. The molecular formula is C14H25N5O. The number of piperidine rings is 1. The molecule has 1 fully saturated rings. The molecule has 1 aliphatic rings. The summed E-state index contributed by atoms with van der Waals surface area (Å²) in [6, 6.07) is 2.50. The summed E-state index contributed by atoms with van der Waals surface area (Å²) < 4.78 is 5.13. The third-order valence-corrected chi connectivity index (χ3v) is 3.72. The Morgan fingerprint density at radius 3 is 3.00 bits per heavy atom. The SMILES string of the molecule is CCCC1CCCCN1c1cc(NN)nc(COC)n1. The van der Waals surface area contributed by atoms with Gasteiger partial charge >= 0.3 is 0 Å². The first kappa shape index (κ1) is 15.0. The third-order valence-electron chi connectivity index (χ3n) is 3.72. The zero-order chi connectivity index (χ0) is 14.4. The van der Waals surface area contributed by atoms with Gasteiger partial charge < -0.3 is 15.1 Å². The number of rotatable bonds is 6. The molecule has 112 valence electrons. The molecule has 20 heavy (non-hydrogen) atoms. The molecular weight excluding hydrogens is 254 g/mol. The van der Waals surface area contributed by atoms with E-state index in [1.807, 2.05) is 6.07 Å². The number of hydrogen-bond acceptors (Lipinski definition) is 6. The van der Waals surface area contributed by atoms with Crippen molar-refractivity contribution in [1.82, 2.24) is 9.97 Å². The minimum atomic E-state index is 0.398. The van der Waals surface area contributed by atoms with E-state index in [1.54, 1.807) is 7.11 Å². The van der Waals surface area contributed by atoms with Gasteiger partial charge in [0.1, 0.15) is 18.2 Å². The smallest absolute Gasteiger partial charge is 0.158 e. The van der Waals surface area contributed by atoms with E-state index in [-0.39, 0.29) is 0 Å². The largest absolute Gasteiger partial charge is 0.377 e. The van der Waals surface area contributed by atoms with Crippen LogP contribution in [-0.2, 0) is 11.3 Å². The van der Waals surface area contributed by atoms with Crippen LogP contribution in [0, 0.1) is 0 Å². The lowest BCUT2D eigenvalue weighted by atomic mass is 9.98. The van der Waals surface area contributed by atoms with Crippen molar-refractivity contribution < 1.29 is 4.74 Å². The van der Waals surface area contributed by atoms with Crippen LogP contribution in [-0.4, -0.2) is 29.7 Å². The van der Waals surface area contributed by atoms with Crippen LogP contribution in [0.1, 0.15) is 44.9 Å². The Balaban J connectivity index is 2.26. The summed E-state index contributed by atoms with van der Waals surface area (Å²) in [5, 5.41) is 0. The number of hydrogen-bond donors (Lipinski definition) is 2. The summed E-state index contributed by atoms with van der Waals surface area (Å²) in [5.41, 5.74) is 2.62. The van der Waals surface area contributed by atoms with Gasteiger partial charge in [-0.3, -0.25) is 0 Å². The van der Waals surface area contributed by atoms with Gasteiger partial charge in [0.15, 0.2) is 5.82 Å². The molecule has 0 spiro atoms. The summed E-state index contributed by atoms with van der Waals surface area (Å²) in [4.78, 5) is 11.3. The first-order chi connectivity index (χ1) is 9.78. The first-order valence-electron chi connectivity index (χ1n) is 7.38. The van der Waals surface area contributed by atoms with Gasteiger partial charge in [-0.25, -0.2) is 15.8 Å². The first-order valence-corrected chi connectivity index (χ1v) is 7.38. The number of methoxy groups -OCH3 is 1. The fourth-order valence-electron chi connectivity index (χ4n) is 2.83. The minimum Gasteiger partial charge on any atom is -0.377 e. The molecule has 0 bridgehead atoms. The summed E-state index contributed by atoms with van der Waals surface area (Å²) >= 11 is 0. The maximum atomic E-state index is 5.51. The van der Waals surface area contributed by atoms with Gasteiger partial charge in [0, 0.05) is 25.8 Å². The van der Waals surface area contributed by atoms with Gasteiger partial charge in [-0.15, -0.1) is 0 Å². The molecule has 1 atom stereocenters. The van der Waals surface area contributed by atoms with E-state index in [2.05, 4.69) is 27.2 Å². The van der Waals surface area contributed by atoms with Crippen LogP contribution >= 0.6 is 0 Å². The number of nitrogens with two attached hydrogens (primary N) is 1. The number of aromatic nitrogens is 2. The fraction of sp³-hybridized carbons (Fsp3) is 0.714. The Morgan fingerprint density at radius 1 is 1.45 bits per heavy atom. The monoisotopic (exact) mass is 279 g/mol. The summed E-state index contributed by atoms with van der Waals surface area (Å²) in [5.74, 6) is 7.77. The molecule has 2 rings (SSSR count). The standard InChI is InChI=1S/C14H25N5O/c1-3-6-11-7-4-5-8-19(11)14-9-12(18-15)16-13(17-14)10-20-2/h9,11H,3-8,10,15H2,1-2H3,(H,16,17,18). The van der Waals surface area contributed by atoms with Crippen molar-refractivity contribution in [3.63, 3.8) is 0 Å². The van der Waals surface area contributed by atoms with Gasteiger partial charge in [0.05, 0.1) is 0 Å². The highest BCUT2D eigenvalue weighted by atomic mass is 16.5. The predicted octanol–water partition coefficient (Wildman–Crippen LogP) is 2.07. The normalized spacial score (nSPS) is 19.1. The fourth-order valence-corrected chi connectivity index (χ4v) is 2.83. The molecule has 1 saturated heterocycles. The van der Waals surface area contributed by atoms with Crippen molar-refractivity contribution in [1.29, 1.82) is 0 Å². The Kier molecular flexibility index (Phi) is 5.55. The van der Waals surface area contributed by atoms with Gasteiger partial charge in [0.2, 0.25) is 0 Å². The van der Waals surface area contributed by atoms with E-state index in [9.17, 15) is 0 Å². The molecule has 0 aromatic carbocycles. The van der Waals surface area contributed by atoms with Crippen molar-refractivity contribution >= 4 is 11.6 Å². The zero-order valence-electron chi connectivity index (χ0n) is 12.4. The molecule has 0 amide bonds. The maximum Gasteiger partial charge on any atom is 0.158 e. The number of anilines is 2. The lowest BCUT2D eigenvalue weighted by Gasteiger charge is -2.37. The van der Waals surface area contributed by atoms with Gasteiger partial charge in [-0.2, -0.15) is 0 Å². The van der Waals surface area contributed by atoms with Gasteiger partial charge in [-0.1, -0.05) is 13.3 Å². The topological polar surface area (TPSA) is 76.3 Å². The van der Waals surface area contributed by atoms with Crippen molar-refractivity contribution in [3.05, 3.63) is 11.9 Å². The van der Waals surface area contributed by atoms with E-state index in [0.29, 0.717) is 24.3 Å². The highest BCUT2D eigenvalue weighted by Gasteiger charge is 2.23. The van der Waals surface area contributed by atoms with Crippen LogP contribution in [0.5, 0.6) is 0 Å². The number of nitrogens with zero attached hydrogens (tertiary/aromatic N) is 3. The Hall–Kier alpha value is -1.40. The summed E-state index contributed by atoms with van der Waals surface area (Å²) in [7, 11) is 1.65. The van der Waals surface area contributed by atoms with Crippen molar-refractivity contribution in [2.75, 3.05) is 24.0 Å². The van der Waals surface area contributed by atoms with Crippen molar-refractivity contribution in [2.45, 2.75) is 51.7 Å². The van der Waals surface area contributed by atoms with Crippen LogP contribution in [0.3, 0.4) is 0 Å². The molecule has 3 N–H and O–H groups in total. The Bertz CT molecular complexity index is 424. The lowest BCUT2D eigenvalue weighted by molar-refractivity contribution is 0.178. The zero-order valence-corrected chi connectivity index (χ0v) is 12.4. The van der Waals surface area contributed by atoms with Gasteiger partial charge in [0.25, 0.3) is 0 Å². The second-order valence-electron chi connectivity index (χ2n) is 5.24. The van der Waals surface area contributed by atoms with Crippen LogP contribution in [0.2, 0.25) is 0 Å². The van der Waals surface area contributed by atoms with E-state index in [1.165, 1.54) is 32.1 Å². The third kappa shape index (κ3) is 3.58. The highest BCUT2D eigenvalue weighted by molar-refractivity contribution is 5.49. The summed E-state index contributed by atoms with van der Waals surface area (Å²) in [6.07, 6.45) is 6.16. The number of nitrogens with one attached hydrogen (secondary N) is 1. The molecule has 0 saturated carbocycles. The average molecular weight is 279 g/mol. The number of ether oxygens (including phenoxy) is 1. The van der Waals surface area contributed by atoms with E-state index >= 15 is 0 Å². The molecule has 0 aliphatic carbocycles. The minimum absolute atomic E-state index is 0.398. The van der Waals surface area contributed by atoms with Crippen molar-refractivity contribution in [3.8, 4) is 0 Å². The van der Waals surface area contributed by atoms with Gasteiger partial charge in [-0.05, 0) is 25.7 Å². The van der Waals surface area contributed by atoms with Crippen LogP contribution in [0.4, 0.5) is 11.6 Å². The van der Waals surface area contributed by atoms with E-state index in [4.69, 9.17) is 10.6 Å². The second-order valence-corrected chi connectivity index (χ2v) is 5.24. The van der Waals surface area contributed by atoms with Crippen molar-refractivity contribution in [2.24, 2.45) is 5.84 Å². The average Bonchev–Trinajstić information content (AvgIpc) is 2.48. The molecule has 2 heterocycles. The highest BCUT2D eigenvalue weighted by Crippen LogP contribution is 2.27. The lowest BCUT2D eigenvalue weighted by Crippen LogP contribution is -2.40. The van der Waals surface area contributed by atoms with E-state index < -0.39 is 0 Å². The molecule has 1 unspecified atom stereocenters. The van der Waals surface area contributed by atoms with Crippen LogP contribution in [0.15, 0.2) is 6.07 Å². The molecule has 1 aliphatic heterocycles. The summed E-state index contributed by atoms with van der Waals surface area (Å²) in [6.45, 7) is 3.68. The van der Waals surface area contributed by atoms with E-state index in [0.717, 1.165) is 12.4 Å². The second kappa shape index (κ2) is 7.40. The number of hydrazine groups is 1. The van der Waals surface area contributed by atoms with Crippen LogP contribution in [0.25, 0.3) is 0 Å². The Morgan fingerprint density at radius 2 is 2.30 bits per heavy atom. The predicted molar refractivity (Wildman–Crippen MR) is 80.4 cm³/mol.